The van der Waals surface area contributed by atoms with Crippen molar-refractivity contribution in [2.45, 2.75) is 27.7 Å². The quantitative estimate of drug-likeness (QED) is 0.478. The fourth-order valence-electron chi connectivity index (χ4n) is 1.19. The van der Waals surface area contributed by atoms with Gasteiger partial charge in [0.05, 0.1) is 0 Å². The van der Waals surface area contributed by atoms with Gasteiger partial charge in [0.25, 0.3) is 0 Å². The Bertz CT molecular complexity index is 192. The maximum atomic E-state index is 2.31. The average Bonchev–Trinajstić information content (AvgIpc) is 1.79. The minimum absolute atomic E-state index is 0.267. The van der Waals surface area contributed by atoms with E-state index in [9.17, 15) is 0 Å². The number of rotatable bonds is 0. The topological polar surface area (TPSA) is 0 Å². The molecule has 0 N–H and O–H groups in total. The molecule has 10 heavy (non-hydrogen) atoms. The first kappa shape index (κ1) is 7.59. The Hall–Kier alpha value is -0.520. The van der Waals surface area contributed by atoms with Crippen molar-refractivity contribution in [3.05, 3.63) is 29.7 Å². The summed E-state index contributed by atoms with van der Waals surface area (Å²) in [5.41, 5.74) is 3.07. The lowest BCUT2D eigenvalue weighted by Gasteiger charge is -2.24. The number of allylic oxidation sites excluding steroid dienone is 4. The Balaban J connectivity index is 2.85. The molecule has 0 aromatic heterocycles. The van der Waals surface area contributed by atoms with Crippen LogP contribution >= 0.6 is 0 Å². The van der Waals surface area contributed by atoms with Gasteiger partial charge in [-0.3, -0.25) is 0 Å². The average molecular weight is 135 g/mol. The highest BCUT2D eigenvalue weighted by molar-refractivity contribution is 5.36. The smallest absolute Gasteiger partial charge is 0.00404 e. The van der Waals surface area contributed by atoms with Gasteiger partial charge < -0.3 is 0 Å². The summed E-state index contributed by atoms with van der Waals surface area (Å²) in [4.78, 5) is 0. The van der Waals surface area contributed by atoms with E-state index in [1.54, 1.807) is 0 Å². The third-order valence-electron chi connectivity index (χ3n) is 1.97. The first-order valence-electron chi connectivity index (χ1n) is 3.74. The van der Waals surface area contributed by atoms with E-state index in [0.29, 0.717) is 0 Å². The van der Waals surface area contributed by atoms with E-state index in [1.807, 2.05) is 0 Å². The molecule has 0 aromatic rings. The maximum absolute atomic E-state index is 2.31. The largest absolute Gasteiger partial charge is 0.0780 e. The zero-order chi connectivity index (χ0) is 7.78. The molecule has 0 heteroatoms. The molecule has 55 valence electrons. The van der Waals surface area contributed by atoms with Crippen LogP contribution in [0.5, 0.6) is 0 Å². The maximum Gasteiger partial charge on any atom is -0.00404 e. The van der Waals surface area contributed by atoms with Crippen LogP contribution in [0, 0.1) is 11.8 Å². The Kier molecular flexibility index (Phi) is 1.72. The van der Waals surface area contributed by atoms with Gasteiger partial charge in [-0.1, -0.05) is 37.1 Å². The molecular formula is C10H15. The van der Waals surface area contributed by atoms with Crippen LogP contribution in [0.1, 0.15) is 27.7 Å². The molecule has 1 aliphatic rings. The van der Waals surface area contributed by atoms with E-state index in [-0.39, 0.29) is 5.41 Å². The van der Waals surface area contributed by atoms with E-state index in [4.69, 9.17) is 0 Å². The van der Waals surface area contributed by atoms with Crippen molar-refractivity contribution < 1.29 is 0 Å². The molecule has 0 amide bonds. The summed E-state index contributed by atoms with van der Waals surface area (Å²) >= 11 is 0. The third kappa shape index (κ3) is 1.50. The predicted molar refractivity (Wildman–Crippen MR) is 45.6 cm³/mol. The molecule has 1 rings (SSSR count). The van der Waals surface area contributed by atoms with Gasteiger partial charge in [0, 0.05) is 0 Å². The molecular weight excluding hydrogens is 120 g/mol. The normalized spacial score (nSPS) is 23.6. The van der Waals surface area contributed by atoms with Crippen LogP contribution < -0.4 is 0 Å². The molecule has 0 nitrogen and oxygen atoms in total. The SMILES string of the molecule is CC1=C(C)C=CC(C)(C)[CH]1. The minimum atomic E-state index is 0.267. The van der Waals surface area contributed by atoms with Crippen molar-refractivity contribution in [1.29, 1.82) is 0 Å². The van der Waals surface area contributed by atoms with E-state index in [2.05, 4.69) is 46.3 Å². The van der Waals surface area contributed by atoms with Crippen LogP contribution in [0.4, 0.5) is 0 Å². The zero-order valence-electron chi connectivity index (χ0n) is 7.23. The molecule has 0 atom stereocenters. The second-order valence-electron chi connectivity index (χ2n) is 3.67. The van der Waals surface area contributed by atoms with Gasteiger partial charge in [-0.25, -0.2) is 0 Å². The molecule has 0 spiro atoms. The summed E-state index contributed by atoms with van der Waals surface area (Å²) in [5.74, 6) is 0. The molecule has 0 aliphatic heterocycles. The highest BCUT2D eigenvalue weighted by Crippen LogP contribution is 2.31. The number of hydrogen-bond donors (Lipinski definition) is 0. The van der Waals surface area contributed by atoms with Crippen LogP contribution in [-0.2, 0) is 0 Å². The highest BCUT2D eigenvalue weighted by Gasteiger charge is 2.18. The fraction of sp³-hybridized carbons (Fsp3) is 0.500. The molecule has 1 aliphatic carbocycles. The zero-order valence-corrected chi connectivity index (χ0v) is 7.23. The van der Waals surface area contributed by atoms with E-state index in [1.165, 1.54) is 11.1 Å². The third-order valence-corrected chi connectivity index (χ3v) is 1.97. The molecule has 0 fully saturated rings. The first-order chi connectivity index (χ1) is 4.51. The lowest BCUT2D eigenvalue weighted by Crippen LogP contribution is -2.12. The van der Waals surface area contributed by atoms with Crippen LogP contribution in [-0.4, -0.2) is 0 Å². The molecule has 0 saturated carbocycles. The number of hydrogen-bond acceptors (Lipinski definition) is 0. The minimum Gasteiger partial charge on any atom is -0.0780 e. The lowest BCUT2D eigenvalue weighted by molar-refractivity contribution is 0.571. The molecule has 0 aromatic carbocycles. The van der Waals surface area contributed by atoms with Crippen molar-refractivity contribution in [2.75, 3.05) is 0 Å². The summed E-state index contributed by atoms with van der Waals surface area (Å²) in [5, 5.41) is 0. The Morgan fingerprint density at radius 1 is 1.10 bits per heavy atom. The van der Waals surface area contributed by atoms with E-state index < -0.39 is 0 Å². The standard InChI is InChI=1S/C10H15/c1-8-5-6-10(3,4)7-9(8)2/h5-7H,1-4H3. The van der Waals surface area contributed by atoms with Crippen LogP contribution in [0.3, 0.4) is 0 Å². The van der Waals surface area contributed by atoms with Gasteiger partial charge in [-0.05, 0) is 25.7 Å². The Morgan fingerprint density at radius 2 is 1.70 bits per heavy atom. The molecule has 0 heterocycles. The van der Waals surface area contributed by atoms with Crippen LogP contribution in [0.15, 0.2) is 23.3 Å². The summed E-state index contributed by atoms with van der Waals surface area (Å²) in [6.45, 7) is 8.76. The van der Waals surface area contributed by atoms with Crippen molar-refractivity contribution in [1.82, 2.24) is 0 Å². The Labute approximate surface area is 63.6 Å². The van der Waals surface area contributed by atoms with E-state index >= 15 is 0 Å². The lowest BCUT2D eigenvalue weighted by atomic mass is 9.80. The van der Waals surface area contributed by atoms with E-state index in [0.717, 1.165) is 0 Å². The Morgan fingerprint density at radius 3 is 2.10 bits per heavy atom. The van der Waals surface area contributed by atoms with Crippen molar-refractivity contribution in [2.24, 2.45) is 5.41 Å². The second kappa shape index (κ2) is 2.26. The highest BCUT2D eigenvalue weighted by atomic mass is 14.2. The van der Waals surface area contributed by atoms with Gasteiger partial charge in [0.2, 0.25) is 0 Å². The monoisotopic (exact) mass is 135 g/mol. The van der Waals surface area contributed by atoms with Gasteiger partial charge in [-0.15, -0.1) is 0 Å². The van der Waals surface area contributed by atoms with Gasteiger partial charge in [0.15, 0.2) is 0 Å². The van der Waals surface area contributed by atoms with Gasteiger partial charge in [-0.2, -0.15) is 0 Å². The summed E-state index contributed by atoms with van der Waals surface area (Å²) in [7, 11) is 0. The summed E-state index contributed by atoms with van der Waals surface area (Å²) in [6, 6.07) is 0. The molecule has 0 unspecified atom stereocenters. The second-order valence-corrected chi connectivity index (χ2v) is 3.67. The molecule has 1 radical (unpaired) electrons. The van der Waals surface area contributed by atoms with Crippen molar-refractivity contribution >= 4 is 0 Å². The predicted octanol–water partition coefficient (Wildman–Crippen LogP) is 3.12. The van der Waals surface area contributed by atoms with Gasteiger partial charge >= 0.3 is 0 Å². The fourth-order valence-corrected chi connectivity index (χ4v) is 1.19. The molecule has 0 bridgehead atoms. The first-order valence-corrected chi connectivity index (χ1v) is 3.74. The van der Waals surface area contributed by atoms with Crippen molar-refractivity contribution in [3.8, 4) is 0 Å². The molecule has 0 saturated heterocycles. The van der Waals surface area contributed by atoms with Crippen LogP contribution in [0.2, 0.25) is 0 Å². The van der Waals surface area contributed by atoms with Gasteiger partial charge in [0.1, 0.15) is 0 Å². The van der Waals surface area contributed by atoms with Crippen molar-refractivity contribution in [3.63, 3.8) is 0 Å². The van der Waals surface area contributed by atoms with Crippen LogP contribution in [0.25, 0.3) is 0 Å². The summed E-state index contributed by atoms with van der Waals surface area (Å²) in [6.07, 6.45) is 6.76. The summed E-state index contributed by atoms with van der Waals surface area (Å²) < 4.78 is 0.